The van der Waals surface area contributed by atoms with Crippen LogP contribution in [0.15, 0.2) is 24.4 Å². The second-order valence-corrected chi connectivity index (χ2v) is 5.82. The molecule has 5 heteroatoms. The Bertz CT molecular complexity index is 428. The summed E-state index contributed by atoms with van der Waals surface area (Å²) in [5, 5.41) is 2.96. The molecule has 1 saturated heterocycles. The molecule has 2 rings (SSSR count). The van der Waals surface area contributed by atoms with Crippen LogP contribution in [0.1, 0.15) is 27.2 Å². The van der Waals surface area contributed by atoms with E-state index in [1.807, 2.05) is 39.0 Å². The molecule has 0 aliphatic carbocycles. The lowest BCUT2D eigenvalue weighted by Gasteiger charge is -2.25. The summed E-state index contributed by atoms with van der Waals surface area (Å²) in [5.41, 5.74) is -0.211. The van der Waals surface area contributed by atoms with Gasteiger partial charge in [0.15, 0.2) is 0 Å². The summed E-state index contributed by atoms with van der Waals surface area (Å²) in [6.45, 7) is 7.26. The molecule has 0 radical (unpaired) electrons. The summed E-state index contributed by atoms with van der Waals surface area (Å²) in [6.07, 6.45) is 2.57. The molecule has 0 aromatic carbocycles. The summed E-state index contributed by atoms with van der Waals surface area (Å²) in [6, 6.07) is 5.55. The van der Waals surface area contributed by atoms with Crippen LogP contribution in [0.4, 0.5) is 4.79 Å². The third-order valence-electron chi connectivity index (χ3n) is 2.84. The van der Waals surface area contributed by atoms with Crippen LogP contribution in [-0.4, -0.2) is 40.6 Å². The molecule has 19 heavy (non-hydrogen) atoms. The molecular weight excluding hydrogens is 242 g/mol. The Morgan fingerprint density at radius 3 is 2.89 bits per heavy atom. The molecule has 0 spiro atoms. The fourth-order valence-electron chi connectivity index (χ4n) is 2.00. The van der Waals surface area contributed by atoms with Gasteiger partial charge in [0.05, 0.1) is 6.54 Å². The van der Waals surface area contributed by atoms with Crippen molar-refractivity contribution in [3.63, 3.8) is 0 Å². The first kappa shape index (κ1) is 13.6. The molecule has 1 aromatic heterocycles. The molecule has 1 aliphatic heterocycles. The Balaban J connectivity index is 1.85. The van der Waals surface area contributed by atoms with Crippen LogP contribution in [0.2, 0.25) is 0 Å². The SMILES string of the molecule is CC(C)(C)NC(=O)N1CCC(Oc2ccccn2)C1. The number of likely N-dealkylation sites (tertiary alicyclic amines) is 1. The van der Waals surface area contributed by atoms with Gasteiger partial charge in [-0.2, -0.15) is 0 Å². The van der Waals surface area contributed by atoms with E-state index in [9.17, 15) is 4.79 Å². The Labute approximate surface area is 114 Å². The fraction of sp³-hybridized carbons (Fsp3) is 0.571. The third-order valence-corrected chi connectivity index (χ3v) is 2.84. The van der Waals surface area contributed by atoms with Crippen LogP contribution >= 0.6 is 0 Å². The quantitative estimate of drug-likeness (QED) is 0.888. The van der Waals surface area contributed by atoms with Gasteiger partial charge >= 0.3 is 6.03 Å². The van der Waals surface area contributed by atoms with E-state index >= 15 is 0 Å². The van der Waals surface area contributed by atoms with E-state index < -0.39 is 0 Å². The highest BCUT2D eigenvalue weighted by Crippen LogP contribution is 2.16. The van der Waals surface area contributed by atoms with Crippen molar-refractivity contribution in [2.24, 2.45) is 0 Å². The van der Waals surface area contributed by atoms with E-state index in [0.717, 1.165) is 13.0 Å². The van der Waals surface area contributed by atoms with E-state index in [0.29, 0.717) is 12.4 Å². The lowest BCUT2D eigenvalue weighted by molar-refractivity contribution is 0.178. The number of urea groups is 1. The zero-order valence-electron chi connectivity index (χ0n) is 11.7. The molecule has 1 unspecified atom stereocenters. The third kappa shape index (κ3) is 4.12. The van der Waals surface area contributed by atoms with Gasteiger partial charge in [0, 0.05) is 30.8 Å². The average Bonchev–Trinajstić information content (AvgIpc) is 2.77. The van der Waals surface area contributed by atoms with Crippen LogP contribution in [-0.2, 0) is 0 Å². The number of hydrogen-bond acceptors (Lipinski definition) is 3. The van der Waals surface area contributed by atoms with Gasteiger partial charge in [-0.05, 0) is 26.8 Å². The van der Waals surface area contributed by atoms with Crippen molar-refractivity contribution < 1.29 is 9.53 Å². The second-order valence-electron chi connectivity index (χ2n) is 5.82. The van der Waals surface area contributed by atoms with Gasteiger partial charge in [-0.3, -0.25) is 0 Å². The van der Waals surface area contributed by atoms with Crippen molar-refractivity contribution in [3.8, 4) is 5.88 Å². The van der Waals surface area contributed by atoms with E-state index in [-0.39, 0.29) is 17.7 Å². The predicted molar refractivity (Wildman–Crippen MR) is 73.1 cm³/mol. The van der Waals surface area contributed by atoms with E-state index in [1.165, 1.54) is 0 Å². The van der Waals surface area contributed by atoms with Crippen molar-refractivity contribution >= 4 is 6.03 Å². The predicted octanol–water partition coefficient (Wildman–Crippen LogP) is 2.04. The van der Waals surface area contributed by atoms with Gasteiger partial charge in [-0.25, -0.2) is 9.78 Å². The highest BCUT2D eigenvalue weighted by Gasteiger charge is 2.29. The fourth-order valence-corrected chi connectivity index (χ4v) is 2.00. The molecule has 1 aliphatic rings. The first-order chi connectivity index (χ1) is 8.94. The number of ether oxygens (including phenoxy) is 1. The number of pyridine rings is 1. The summed E-state index contributed by atoms with van der Waals surface area (Å²) < 4.78 is 5.75. The van der Waals surface area contributed by atoms with Gasteiger partial charge in [0.2, 0.25) is 5.88 Å². The van der Waals surface area contributed by atoms with Crippen molar-refractivity contribution in [2.75, 3.05) is 13.1 Å². The van der Waals surface area contributed by atoms with Crippen LogP contribution < -0.4 is 10.1 Å². The van der Waals surface area contributed by atoms with E-state index in [4.69, 9.17) is 4.74 Å². The highest BCUT2D eigenvalue weighted by atomic mass is 16.5. The number of amides is 2. The molecule has 1 N–H and O–H groups in total. The summed E-state index contributed by atoms with van der Waals surface area (Å²) in [5.74, 6) is 0.616. The zero-order valence-corrected chi connectivity index (χ0v) is 11.7. The van der Waals surface area contributed by atoms with E-state index in [1.54, 1.807) is 11.1 Å². The number of nitrogens with zero attached hydrogens (tertiary/aromatic N) is 2. The first-order valence-corrected chi connectivity index (χ1v) is 6.59. The Hall–Kier alpha value is -1.78. The van der Waals surface area contributed by atoms with Gasteiger partial charge in [0.1, 0.15) is 6.10 Å². The number of carbonyl (C=O) groups excluding carboxylic acids is 1. The van der Waals surface area contributed by atoms with Crippen molar-refractivity contribution in [3.05, 3.63) is 24.4 Å². The molecular formula is C14H21N3O2. The van der Waals surface area contributed by atoms with Gasteiger partial charge in [-0.15, -0.1) is 0 Å². The molecule has 0 saturated carbocycles. The van der Waals surface area contributed by atoms with Gasteiger partial charge in [-0.1, -0.05) is 6.07 Å². The molecule has 2 amide bonds. The average molecular weight is 263 g/mol. The zero-order chi connectivity index (χ0) is 13.9. The van der Waals surface area contributed by atoms with Crippen LogP contribution in [0.5, 0.6) is 5.88 Å². The Morgan fingerprint density at radius 1 is 1.47 bits per heavy atom. The minimum absolute atomic E-state index is 0.0281. The van der Waals surface area contributed by atoms with Crippen LogP contribution in [0, 0.1) is 0 Å². The maximum atomic E-state index is 12.0. The molecule has 1 atom stereocenters. The lowest BCUT2D eigenvalue weighted by Crippen LogP contribution is -2.48. The summed E-state index contributed by atoms with van der Waals surface area (Å²) >= 11 is 0. The molecule has 104 valence electrons. The maximum Gasteiger partial charge on any atom is 0.317 e. The number of hydrogen-bond donors (Lipinski definition) is 1. The Kier molecular flexibility index (Phi) is 3.93. The standard InChI is InChI=1S/C14H21N3O2/c1-14(2,3)16-13(18)17-9-7-11(10-17)19-12-6-4-5-8-15-12/h4-6,8,11H,7,9-10H2,1-3H3,(H,16,18). The minimum Gasteiger partial charge on any atom is -0.472 e. The van der Waals surface area contributed by atoms with Crippen molar-refractivity contribution in [2.45, 2.75) is 38.8 Å². The van der Waals surface area contributed by atoms with Gasteiger partial charge in [0.25, 0.3) is 0 Å². The van der Waals surface area contributed by atoms with Crippen LogP contribution in [0.25, 0.3) is 0 Å². The van der Waals surface area contributed by atoms with Crippen molar-refractivity contribution in [1.82, 2.24) is 15.2 Å². The monoisotopic (exact) mass is 263 g/mol. The number of rotatable bonds is 2. The maximum absolute atomic E-state index is 12.0. The first-order valence-electron chi connectivity index (χ1n) is 6.59. The molecule has 1 aromatic rings. The summed E-state index contributed by atoms with van der Waals surface area (Å²) in [4.78, 5) is 17.9. The molecule has 0 bridgehead atoms. The number of carbonyl (C=O) groups is 1. The normalized spacial score (nSPS) is 19.3. The summed E-state index contributed by atoms with van der Waals surface area (Å²) in [7, 11) is 0. The minimum atomic E-state index is -0.211. The van der Waals surface area contributed by atoms with Crippen molar-refractivity contribution in [1.29, 1.82) is 0 Å². The molecule has 5 nitrogen and oxygen atoms in total. The highest BCUT2D eigenvalue weighted by molar-refractivity contribution is 5.75. The number of nitrogens with one attached hydrogen (secondary N) is 1. The largest absolute Gasteiger partial charge is 0.472 e. The molecule has 1 fully saturated rings. The van der Waals surface area contributed by atoms with E-state index in [2.05, 4.69) is 10.3 Å². The second kappa shape index (κ2) is 5.47. The smallest absolute Gasteiger partial charge is 0.317 e. The number of aromatic nitrogens is 1. The van der Waals surface area contributed by atoms with Crippen LogP contribution in [0.3, 0.4) is 0 Å². The van der Waals surface area contributed by atoms with Gasteiger partial charge < -0.3 is 15.0 Å². The Morgan fingerprint density at radius 2 is 2.26 bits per heavy atom. The topological polar surface area (TPSA) is 54.5 Å². The lowest BCUT2D eigenvalue weighted by atomic mass is 10.1. The molecule has 2 heterocycles.